The summed E-state index contributed by atoms with van der Waals surface area (Å²) in [6.45, 7) is 0. The summed E-state index contributed by atoms with van der Waals surface area (Å²) in [5.41, 5.74) is 10.9. The van der Waals surface area contributed by atoms with E-state index in [9.17, 15) is 0 Å². The molecule has 0 saturated carbocycles. The Labute approximate surface area is 326 Å². The molecule has 0 aliphatic rings. The molecule has 4 heterocycles. The van der Waals surface area contributed by atoms with Crippen molar-refractivity contribution in [2.24, 2.45) is 0 Å². The fraction of sp³-hybridized carbons (Fsp3) is 0. The summed E-state index contributed by atoms with van der Waals surface area (Å²) in [6.07, 6.45) is 0. The lowest BCUT2D eigenvalue weighted by molar-refractivity contribution is 0.670. The second kappa shape index (κ2) is 12.3. The van der Waals surface area contributed by atoms with E-state index in [1.54, 1.807) is 0 Å². The summed E-state index contributed by atoms with van der Waals surface area (Å²) < 4.78 is 11.4. The van der Waals surface area contributed by atoms with Gasteiger partial charge in [-0.2, -0.15) is 9.97 Å². The topological polar surface area (TPSA) is 61.7 Å². The highest BCUT2D eigenvalue weighted by molar-refractivity contribution is 6.18. The number of hydrogen-bond donors (Lipinski definition) is 0. The fourth-order valence-corrected chi connectivity index (χ4v) is 8.61. The van der Waals surface area contributed by atoms with Crippen molar-refractivity contribution in [3.63, 3.8) is 0 Å². The molecule has 12 aromatic rings. The molecule has 266 valence electrons. The number of benzene rings is 8. The van der Waals surface area contributed by atoms with Gasteiger partial charge in [0.05, 0.1) is 27.6 Å². The van der Waals surface area contributed by atoms with E-state index in [2.05, 4.69) is 191 Å². The molecule has 0 bridgehead atoms. The maximum absolute atomic E-state index is 6.91. The maximum Gasteiger partial charge on any atom is 0.238 e. The van der Waals surface area contributed by atoms with Crippen molar-refractivity contribution in [3.8, 4) is 45.5 Å². The third-order valence-corrected chi connectivity index (χ3v) is 11.2. The van der Waals surface area contributed by atoms with Gasteiger partial charge in [-0.15, -0.1) is 0 Å². The third kappa shape index (κ3) is 4.87. The highest BCUT2D eigenvalue weighted by Crippen LogP contribution is 2.41. The van der Waals surface area contributed by atoms with Crippen molar-refractivity contribution in [3.05, 3.63) is 188 Å². The summed E-state index contributed by atoms with van der Waals surface area (Å²) in [4.78, 5) is 15.8. The minimum atomic E-state index is 0.537. The lowest BCUT2D eigenvalue weighted by atomic mass is 10.0. The number of nitrogens with zero attached hydrogens (tertiary/aromatic N) is 5. The first-order valence-electron chi connectivity index (χ1n) is 19.1. The van der Waals surface area contributed by atoms with Crippen LogP contribution in [0.1, 0.15) is 0 Å². The van der Waals surface area contributed by atoms with Gasteiger partial charge >= 0.3 is 0 Å². The molecule has 0 amide bonds. The smallest absolute Gasteiger partial charge is 0.238 e. The molecule has 0 radical (unpaired) electrons. The minimum Gasteiger partial charge on any atom is -0.455 e. The number of hydrogen-bond acceptors (Lipinski definition) is 4. The van der Waals surface area contributed by atoms with E-state index in [1.165, 1.54) is 10.8 Å². The molecule has 0 aliphatic heterocycles. The zero-order valence-corrected chi connectivity index (χ0v) is 30.5. The number of furan rings is 1. The molecular weight excluding hydrogens is 699 g/mol. The van der Waals surface area contributed by atoms with Gasteiger partial charge in [0.15, 0.2) is 11.6 Å². The molecule has 6 nitrogen and oxygen atoms in total. The van der Waals surface area contributed by atoms with E-state index in [0.717, 1.165) is 82.7 Å². The van der Waals surface area contributed by atoms with Crippen LogP contribution in [0.5, 0.6) is 0 Å². The molecule has 6 heteroatoms. The van der Waals surface area contributed by atoms with Gasteiger partial charge in [0.2, 0.25) is 5.95 Å². The molecule has 0 saturated heterocycles. The standard InChI is InChI=1S/C51H31N5O/c1-3-15-32(16-4-1)33-17-13-18-34(29-33)49-52-50(54-51(53-49)56-44-27-11-7-21-36(44)37-22-8-12-28-45(37)56)40-25-14-24-39-42-30-41-38-23-9-10-26-43(38)55(35-19-5-2-6-20-35)46(41)31-47(42)57-48(39)40/h1-31H. The Bertz CT molecular complexity index is 3470. The van der Waals surface area contributed by atoms with E-state index in [-0.39, 0.29) is 0 Å². The predicted octanol–water partition coefficient (Wildman–Crippen LogP) is 13.0. The Morgan fingerprint density at radius 2 is 0.912 bits per heavy atom. The first-order valence-corrected chi connectivity index (χ1v) is 19.1. The average molecular weight is 730 g/mol. The molecule has 4 aromatic heterocycles. The van der Waals surface area contributed by atoms with E-state index >= 15 is 0 Å². The number of aromatic nitrogens is 5. The van der Waals surface area contributed by atoms with Crippen LogP contribution in [0.15, 0.2) is 192 Å². The van der Waals surface area contributed by atoms with Crippen LogP contribution in [0.3, 0.4) is 0 Å². The van der Waals surface area contributed by atoms with Crippen molar-refractivity contribution in [2.75, 3.05) is 0 Å². The highest BCUT2D eigenvalue weighted by Gasteiger charge is 2.22. The molecule has 0 aliphatic carbocycles. The van der Waals surface area contributed by atoms with Crippen molar-refractivity contribution < 1.29 is 4.42 Å². The number of rotatable bonds is 5. The van der Waals surface area contributed by atoms with Gasteiger partial charge in [-0.25, -0.2) is 4.98 Å². The zero-order chi connectivity index (χ0) is 37.5. The fourth-order valence-electron chi connectivity index (χ4n) is 8.61. The van der Waals surface area contributed by atoms with Crippen LogP contribution in [0.25, 0.3) is 111 Å². The molecule has 0 spiro atoms. The monoisotopic (exact) mass is 729 g/mol. The van der Waals surface area contributed by atoms with Gasteiger partial charge < -0.3 is 8.98 Å². The van der Waals surface area contributed by atoms with Crippen molar-refractivity contribution in [1.29, 1.82) is 0 Å². The van der Waals surface area contributed by atoms with Crippen LogP contribution in [0.2, 0.25) is 0 Å². The second-order valence-electron chi connectivity index (χ2n) is 14.4. The Morgan fingerprint density at radius 3 is 1.65 bits per heavy atom. The van der Waals surface area contributed by atoms with E-state index < -0.39 is 0 Å². The van der Waals surface area contributed by atoms with Crippen LogP contribution in [-0.2, 0) is 0 Å². The lowest BCUT2D eigenvalue weighted by Crippen LogP contribution is -2.06. The summed E-state index contributed by atoms with van der Waals surface area (Å²) in [6, 6.07) is 65.5. The summed E-state index contributed by atoms with van der Waals surface area (Å²) >= 11 is 0. The maximum atomic E-state index is 6.91. The van der Waals surface area contributed by atoms with Gasteiger partial charge in [0.1, 0.15) is 11.2 Å². The molecule has 0 fully saturated rings. The van der Waals surface area contributed by atoms with Crippen LogP contribution >= 0.6 is 0 Å². The summed E-state index contributed by atoms with van der Waals surface area (Å²) in [7, 11) is 0. The Balaban J connectivity index is 1.12. The van der Waals surface area contributed by atoms with Crippen LogP contribution in [0.4, 0.5) is 0 Å². The lowest BCUT2D eigenvalue weighted by Gasteiger charge is -2.12. The Morgan fingerprint density at radius 1 is 0.351 bits per heavy atom. The molecule has 0 N–H and O–H groups in total. The normalized spacial score (nSPS) is 11.9. The molecule has 12 rings (SSSR count). The SMILES string of the molecule is c1ccc(-c2cccc(-c3nc(-c4cccc5c4oc4cc6c(cc45)c4ccccc4n6-c4ccccc4)nc(-n4c5ccccc5c5ccccc54)n3)c2)cc1. The first-order chi connectivity index (χ1) is 28.3. The molecule has 0 unspecified atom stereocenters. The Hall–Kier alpha value is -7.83. The quantitative estimate of drug-likeness (QED) is 0.177. The van der Waals surface area contributed by atoms with Gasteiger partial charge in [-0.3, -0.25) is 4.57 Å². The Kier molecular flexibility index (Phi) is 6.83. The highest BCUT2D eigenvalue weighted by atomic mass is 16.3. The first kappa shape index (κ1) is 31.5. The van der Waals surface area contributed by atoms with Gasteiger partial charge in [-0.05, 0) is 59.7 Å². The molecule has 57 heavy (non-hydrogen) atoms. The summed E-state index contributed by atoms with van der Waals surface area (Å²) in [5, 5.41) is 6.70. The predicted molar refractivity (Wildman–Crippen MR) is 232 cm³/mol. The van der Waals surface area contributed by atoms with Crippen LogP contribution < -0.4 is 0 Å². The van der Waals surface area contributed by atoms with Gasteiger partial charge in [0, 0.05) is 49.6 Å². The molecule has 8 aromatic carbocycles. The number of fused-ring (bicyclic) bond motifs is 9. The second-order valence-corrected chi connectivity index (χ2v) is 14.4. The average Bonchev–Trinajstić information content (AvgIpc) is 3.93. The zero-order valence-electron chi connectivity index (χ0n) is 30.5. The van der Waals surface area contributed by atoms with Crippen LogP contribution in [-0.4, -0.2) is 24.1 Å². The largest absolute Gasteiger partial charge is 0.455 e. The van der Waals surface area contributed by atoms with E-state index in [1.807, 2.05) is 6.07 Å². The summed E-state index contributed by atoms with van der Waals surface area (Å²) in [5.74, 6) is 1.66. The van der Waals surface area contributed by atoms with Gasteiger partial charge in [0.25, 0.3) is 0 Å². The van der Waals surface area contributed by atoms with Crippen molar-refractivity contribution in [1.82, 2.24) is 24.1 Å². The molecule has 0 atom stereocenters. The van der Waals surface area contributed by atoms with Crippen molar-refractivity contribution in [2.45, 2.75) is 0 Å². The minimum absolute atomic E-state index is 0.537. The number of para-hydroxylation sites is 5. The van der Waals surface area contributed by atoms with Gasteiger partial charge in [-0.1, -0.05) is 133 Å². The molecular formula is C51H31N5O. The van der Waals surface area contributed by atoms with E-state index in [0.29, 0.717) is 17.6 Å². The van der Waals surface area contributed by atoms with E-state index in [4.69, 9.17) is 19.4 Å². The third-order valence-electron chi connectivity index (χ3n) is 11.2. The van der Waals surface area contributed by atoms with Crippen molar-refractivity contribution >= 4 is 65.6 Å². The van der Waals surface area contributed by atoms with Crippen LogP contribution in [0, 0.1) is 0 Å².